The van der Waals surface area contributed by atoms with Gasteiger partial charge in [-0.2, -0.15) is 0 Å². The largest absolute Gasteiger partial charge is 0.480 e. The van der Waals surface area contributed by atoms with Gasteiger partial charge in [-0.25, -0.2) is 9.59 Å². The molecule has 0 radical (unpaired) electrons. The number of ether oxygens (including phenoxy) is 2. The van der Waals surface area contributed by atoms with Crippen LogP contribution in [0.4, 0.5) is 4.79 Å². The third kappa shape index (κ3) is 4.11. The SMILES string of the molecule is CC(=O)OC1CCN(C(=O)OC(C)(C)C)C1C(=O)O. The van der Waals surface area contributed by atoms with E-state index in [0.717, 1.165) is 4.90 Å². The third-order valence-corrected chi connectivity index (χ3v) is 2.54. The number of esters is 1. The molecule has 0 aromatic heterocycles. The first kappa shape index (κ1) is 15.3. The minimum atomic E-state index is -1.21. The van der Waals surface area contributed by atoms with E-state index in [1.165, 1.54) is 6.92 Å². The topological polar surface area (TPSA) is 93.1 Å². The van der Waals surface area contributed by atoms with Crippen LogP contribution in [-0.2, 0) is 19.1 Å². The Labute approximate surface area is 111 Å². The maximum Gasteiger partial charge on any atom is 0.411 e. The average molecular weight is 273 g/mol. The molecule has 1 aliphatic heterocycles. The number of carbonyl (C=O) groups excluding carboxylic acids is 2. The molecule has 1 saturated heterocycles. The molecule has 1 N–H and O–H groups in total. The van der Waals surface area contributed by atoms with Crippen LogP contribution in [0.1, 0.15) is 34.1 Å². The quantitative estimate of drug-likeness (QED) is 0.755. The van der Waals surface area contributed by atoms with E-state index in [0.29, 0.717) is 0 Å². The zero-order valence-electron chi connectivity index (χ0n) is 11.5. The summed E-state index contributed by atoms with van der Waals surface area (Å²) in [5.41, 5.74) is -0.709. The van der Waals surface area contributed by atoms with Gasteiger partial charge < -0.3 is 14.6 Å². The smallest absolute Gasteiger partial charge is 0.411 e. The number of rotatable bonds is 2. The number of hydrogen-bond acceptors (Lipinski definition) is 5. The van der Waals surface area contributed by atoms with Crippen molar-refractivity contribution in [1.82, 2.24) is 4.90 Å². The van der Waals surface area contributed by atoms with Gasteiger partial charge in [-0.1, -0.05) is 0 Å². The van der Waals surface area contributed by atoms with Crippen molar-refractivity contribution in [2.45, 2.75) is 51.9 Å². The summed E-state index contributed by atoms with van der Waals surface area (Å²) in [5, 5.41) is 9.17. The first-order valence-corrected chi connectivity index (χ1v) is 6.01. The van der Waals surface area contributed by atoms with Crippen LogP contribution >= 0.6 is 0 Å². The fraction of sp³-hybridized carbons (Fsp3) is 0.750. The molecule has 108 valence electrons. The number of carboxylic acid groups (broad SMARTS) is 1. The zero-order valence-corrected chi connectivity index (χ0v) is 11.5. The van der Waals surface area contributed by atoms with Crippen LogP contribution in [-0.4, -0.2) is 52.3 Å². The molecule has 1 rings (SSSR count). The summed E-state index contributed by atoms with van der Waals surface area (Å²) >= 11 is 0. The highest BCUT2D eigenvalue weighted by atomic mass is 16.6. The summed E-state index contributed by atoms with van der Waals surface area (Å²) in [6, 6.07) is -1.20. The van der Waals surface area contributed by atoms with E-state index >= 15 is 0 Å². The van der Waals surface area contributed by atoms with E-state index in [-0.39, 0.29) is 13.0 Å². The fourth-order valence-electron chi connectivity index (χ4n) is 1.92. The molecule has 1 amide bonds. The van der Waals surface area contributed by atoms with Crippen LogP contribution in [0.2, 0.25) is 0 Å². The highest BCUT2D eigenvalue weighted by molar-refractivity contribution is 5.82. The van der Waals surface area contributed by atoms with Gasteiger partial charge in [0, 0.05) is 19.9 Å². The predicted octanol–water partition coefficient (Wildman–Crippen LogP) is 1.01. The maximum atomic E-state index is 11.9. The number of likely N-dealkylation sites (tertiary alicyclic amines) is 1. The van der Waals surface area contributed by atoms with Gasteiger partial charge in [-0.05, 0) is 20.8 Å². The van der Waals surface area contributed by atoms with Crippen molar-refractivity contribution >= 4 is 18.0 Å². The monoisotopic (exact) mass is 273 g/mol. The Morgan fingerprint density at radius 3 is 2.26 bits per heavy atom. The lowest BCUT2D eigenvalue weighted by Crippen LogP contribution is -2.47. The van der Waals surface area contributed by atoms with E-state index in [1.807, 2.05) is 0 Å². The van der Waals surface area contributed by atoms with Gasteiger partial charge in [-0.15, -0.1) is 0 Å². The van der Waals surface area contributed by atoms with Crippen molar-refractivity contribution in [1.29, 1.82) is 0 Å². The number of nitrogens with zero attached hydrogens (tertiary/aromatic N) is 1. The fourth-order valence-corrected chi connectivity index (χ4v) is 1.92. The van der Waals surface area contributed by atoms with Crippen molar-refractivity contribution in [2.75, 3.05) is 6.54 Å². The summed E-state index contributed by atoms with van der Waals surface area (Å²) in [4.78, 5) is 35.1. The van der Waals surface area contributed by atoms with Crippen LogP contribution in [0.5, 0.6) is 0 Å². The minimum Gasteiger partial charge on any atom is -0.480 e. The highest BCUT2D eigenvalue weighted by Crippen LogP contribution is 2.24. The lowest BCUT2D eigenvalue weighted by atomic mass is 10.1. The molecular formula is C12H19NO6. The van der Waals surface area contributed by atoms with E-state index in [9.17, 15) is 19.5 Å². The number of hydrogen-bond donors (Lipinski definition) is 1. The lowest BCUT2D eigenvalue weighted by Gasteiger charge is -2.27. The summed E-state index contributed by atoms with van der Waals surface area (Å²) in [6.07, 6.45) is -1.26. The summed E-state index contributed by atoms with van der Waals surface area (Å²) in [7, 11) is 0. The van der Waals surface area contributed by atoms with Gasteiger partial charge in [0.2, 0.25) is 0 Å². The number of aliphatic carboxylic acids is 1. The second-order valence-electron chi connectivity index (χ2n) is 5.39. The number of carbonyl (C=O) groups is 3. The van der Waals surface area contributed by atoms with Gasteiger partial charge in [0.15, 0.2) is 6.04 Å². The van der Waals surface area contributed by atoms with Gasteiger partial charge in [0.05, 0.1) is 0 Å². The van der Waals surface area contributed by atoms with Crippen LogP contribution < -0.4 is 0 Å². The Kier molecular flexibility index (Phi) is 4.39. The van der Waals surface area contributed by atoms with Gasteiger partial charge in [-0.3, -0.25) is 9.69 Å². The second kappa shape index (κ2) is 5.46. The van der Waals surface area contributed by atoms with Crippen LogP contribution in [0.3, 0.4) is 0 Å². The molecule has 0 saturated carbocycles. The molecule has 0 spiro atoms. The standard InChI is InChI=1S/C12H19NO6/c1-7(14)18-8-5-6-13(9(8)10(15)16)11(17)19-12(2,3)4/h8-9H,5-6H2,1-4H3,(H,15,16). The van der Waals surface area contributed by atoms with Crippen LogP contribution in [0.25, 0.3) is 0 Å². The summed E-state index contributed by atoms with van der Waals surface area (Å²) in [5.74, 6) is -1.78. The van der Waals surface area contributed by atoms with Crippen molar-refractivity contribution in [2.24, 2.45) is 0 Å². The van der Waals surface area contributed by atoms with E-state index in [4.69, 9.17) is 9.47 Å². The predicted molar refractivity (Wildman–Crippen MR) is 64.5 cm³/mol. The van der Waals surface area contributed by atoms with Crippen molar-refractivity contribution in [3.8, 4) is 0 Å². The first-order valence-electron chi connectivity index (χ1n) is 6.01. The molecule has 2 unspecified atom stereocenters. The minimum absolute atomic E-state index is 0.184. The molecule has 0 aliphatic carbocycles. The number of carboxylic acids is 1. The molecule has 1 heterocycles. The highest BCUT2D eigenvalue weighted by Gasteiger charge is 2.45. The summed E-state index contributed by atoms with van der Waals surface area (Å²) in [6.45, 7) is 6.47. The van der Waals surface area contributed by atoms with Crippen LogP contribution in [0.15, 0.2) is 0 Å². The first-order chi connectivity index (χ1) is 8.61. The normalized spacial score (nSPS) is 23.1. The Balaban J connectivity index is 2.81. The Morgan fingerprint density at radius 2 is 1.84 bits per heavy atom. The second-order valence-corrected chi connectivity index (χ2v) is 5.39. The molecule has 1 aliphatic rings. The molecule has 19 heavy (non-hydrogen) atoms. The molecular weight excluding hydrogens is 254 g/mol. The third-order valence-electron chi connectivity index (χ3n) is 2.54. The lowest BCUT2D eigenvalue weighted by molar-refractivity contribution is -0.154. The van der Waals surface area contributed by atoms with Gasteiger partial charge in [0.25, 0.3) is 0 Å². The Hall–Kier alpha value is -1.79. The van der Waals surface area contributed by atoms with Crippen molar-refractivity contribution in [3.05, 3.63) is 0 Å². The van der Waals surface area contributed by atoms with Gasteiger partial charge in [0.1, 0.15) is 11.7 Å². The molecule has 0 bridgehead atoms. The molecule has 2 atom stereocenters. The van der Waals surface area contributed by atoms with E-state index < -0.39 is 35.8 Å². The van der Waals surface area contributed by atoms with E-state index in [2.05, 4.69) is 0 Å². The summed E-state index contributed by atoms with van der Waals surface area (Å²) < 4.78 is 10.1. The maximum absolute atomic E-state index is 11.9. The van der Waals surface area contributed by atoms with Crippen molar-refractivity contribution in [3.63, 3.8) is 0 Å². The Morgan fingerprint density at radius 1 is 1.26 bits per heavy atom. The van der Waals surface area contributed by atoms with Gasteiger partial charge >= 0.3 is 18.0 Å². The number of amides is 1. The molecule has 0 aromatic carbocycles. The molecule has 7 nitrogen and oxygen atoms in total. The molecule has 1 fully saturated rings. The average Bonchev–Trinajstić information content (AvgIpc) is 2.57. The molecule has 7 heteroatoms. The van der Waals surface area contributed by atoms with Crippen LogP contribution in [0, 0.1) is 0 Å². The van der Waals surface area contributed by atoms with Crippen molar-refractivity contribution < 1.29 is 29.0 Å². The van der Waals surface area contributed by atoms with E-state index in [1.54, 1.807) is 20.8 Å². The Bertz CT molecular complexity index is 386. The zero-order chi connectivity index (χ0) is 14.8. The molecule has 0 aromatic rings.